The molecule has 82 valence electrons. The van der Waals surface area contributed by atoms with E-state index in [1.165, 1.54) is 0 Å². The van der Waals surface area contributed by atoms with Crippen molar-refractivity contribution in [2.75, 3.05) is 6.61 Å². The summed E-state index contributed by atoms with van der Waals surface area (Å²) < 4.78 is 1.88. The fourth-order valence-corrected chi connectivity index (χ4v) is 1.40. The van der Waals surface area contributed by atoms with Crippen LogP contribution in [0, 0.1) is 18.3 Å². The van der Waals surface area contributed by atoms with Crippen molar-refractivity contribution in [2.24, 2.45) is 7.05 Å². The predicted octanol–water partition coefficient (Wildman–Crippen LogP) is 0.676. The summed E-state index contributed by atoms with van der Waals surface area (Å²) in [6.45, 7) is 4.71. The topological polar surface area (TPSA) is 61.0 Å². The molecule has 0 bridgehead atoms. The average Bonchev–Trinajstić information content (AvgIpc) is 2.52. The fraction of sp³-hybridized carbons (Fsp3) is 0.545. The van der Waals surface area contributed by atoms with Crippen molar-refractivity contribution in [3.63, 3.8) is 0 Å². The Hall–Kier alpha value is -1.31. The van der Waals surface area contributed by atoms with E-state index in [9.17, 15) is 0 Å². The zero-order chi connectivity index (χ0) is 11.4. The standard InChI is InChI=1S/C11H17N3O/c1-8(7-15)13-6-10-4-11(5-12)14(3)9(10)2/h4,8,13,15H,6-7H2,1-3H3. The number of aliphatic hydroxyl groups is 1. The second-order valence-electron chi connectivity index (χ2n) is 3.78. The van der Waals surface area contributed by atoms with Gasteiger partial charge in [-0.05, 0) is 25.5 Å². The number of nitriles is 1. The minimum atomic E-state index is 0.0788. The van der Waals surface area contributed by atoms with Gasteiger partial charge < -0.3 is 15.0 Å². The van der Waals surface area contributed by atoms with Gasteiger partial charge in [-0.1, -0.05) is 0 Å². The molecule has 1 heterocycles. The van der Waals surface area contributed by atoms with Gasteiger partial charge in [0.2, 0.25) is 0 Å². The van der Waals surface area contributed by atoms with Crippen LogP contribution >= 0.6 is 0 Å². The van der Waals surface area contributed by atoms with E-state index in [1.807, 2.05) is 31.5 Å². The molecule has 0 aliphatic heterocycles. The number of hydrogen-bond donors (Lipinski definition) is 2. The summed E-state index contributed by atoms with van der Waals surface area (Å²) in [7, 11) is 1.88. The lowest BCUT2D eigenvalue weighted by Crippen LogP contribution is -2.28. The summed E-state index contributed by atoms with van der Waals surface area (Å²) in [6.07, 6.45) is 0. The molecule has 0 spiro atoms. The molecule has 0 radical (unpaired) electrons. The first-order valence-electron chi connectivity index (χ1n) is 4.99. The van der Waals surface area contributed by atoms with Crippen LogP contribution in [0.2, 0.25) is 0 Å². The molecule has 0 aromatic carbocycles. The molecular formula is C11H17N3O. The largest absolute Gasteiger partial charge is 0.395 e. The highest BCUT2D eigenvalue weighted by Gasteiger charge is 2.08. The second-order valence-corrected chi connectivity index (χ2v) is 3.78. The number of nitrogens with zero attached hydrogens (tertiary/aromatic N) is 2. The van der Waals surface area contributed by atoms with E-state index in [1.54, 1.807) is 0 Å². The molecule has 1 aromatic heterocycles. The summed E-state index contributed by atoms with van der Waals surface area (Å²) in [4.78, 5) is 0. The maximum atomic E-state index is 8.87. The maximum absolute atomic E-state index is 8.87. The van der Waals surface area contributed by atoms with Crippen molar-refractivity contribution in [1.29, 1.82) is 5.26 Å². The lowest BCUT2D eigenvalue weighted by Gasteiger charge is -2.10. The van der Waals surface area contributed by atoms with Gasteiger partial charge >= 0.3 is 0 Å². The van der Waals surface area contributed by atoms with E-state index in [-0.39, 0.29) is 12.6 Å². The Morgan fingerprint density at radius 1 is 1.67 bits per heavy atom. The van der Waals surface area contributed by atoms with Crippen LogP contribution in [-0.4, -0.2) is 22.3 Å². The van der Waals surface area contributed by atoms with Gasteiger partial charge in [-0.2, -0.15) is 5.26 Å². The van der Waals surface area contributed by atoms with Crippen molar-refractivity contribution >= 4 is 0 Å². The molecule has 1 rings (SSSR count). The molecule has 2 N–H and O–H groups in total. The Bertz CT molecular complexity index is 376. The van der Waals surface area contributed by atoms with Crippen molar-refractivity contribution in [3.8, 4) is 6.07 Å². The predicted molar refractivity (Wildman–Crippen MR) is 58.3 cm³/mol. The van der Waals surface area contributed by atoms with E-state index in [0.717, 1.165) is 11.3 Å². The Kier molecular flexibility index (Phi) is 3.89. The first-order valence-corrected chi connectivity index (χ1v) is 4.99. The van der Waals surface area contributed by atoms with E-state index >= 15 is 0 Å². The van der Waals surface area contributed by atoms with Gasteiger partial charge in [0, 0.05) is 25.3 Å². The van der Waals surface area contributed by atoms with E-state index < -0.39 is 0 Å². The Balaban J connectivity index is 2.75. The van der Waals surface area contributed by atoms with Crippen molar-refractivity contribution < 1.29 is 5.11 Å². The van der Waals surface area contributed by atoms with Gasteiger partial charge in [-0.25, -0.2) is 0 Å². The number of rotatable bonds is 4. The van der Waals surface area contributed by atoms with Gasteiger partial charge in [0.25, 0.3) is 0 Å². The van der Waals surface area contributed by atoms with Crippen LogP contribution in [0.15, 0.2) is 6.07 Å². The van der Waals surface area contributed by atoms with E-state index in [2.05, 4.69) is 11.4 Å². The third-order valence-corrected chi connectivity index (χ3v) is 2.67. The highest BCUT2D eigenvalue weighted by molar-refractivity contribution is 5.34. The number of nitrogens with one attached hydrogen (secondary N) is 1. The van der Waals surface area contributed by atoms with Crippen molar-refractivity contribution in [3.05, 3.63) is 23.0 Å². The number of aromatic nitrogens is 1. The van der Waals surface area contributed by atoms with Gasteiger partial charge in [-0.3, -0.25) is 0 Å². The van der Waals surface area contributed by atoms with Crippen LogP contribution in [0.4, 0.5) is 0 Å². The Morgan fingerprint density at radius 3 is 2.80 bits per heavy atom. The highest BCUT2D eigenvalue weighted by Crippen LogP contribution is 2.13. The molecule has 1 atom stereocenters. The van der Waals surface area contributed by atoms with Gasteiger partial charge in [-0.15, -0.1) is 0 Å². The quantitative estimate of drug-likeness (QED) is 0.763. The highest BCUT2D eigenvalue weighted by atomic mass is 16.3. The first kappa shape index (κ1) is 11.8. The maximum Gasteiger partial charge on any atom is 0.120 e. The molecule has 0 saturated carbocycles. The molecule has 1 unspecified atom stereocenters. The minimum Gasteiger partial charge on any atom is -0.395 e. The molecular weight excluding hydrogens is 190 g/mol. The number of aliphatic hydroxyl groups excluding tert-OH is 1. The molecule has 4 nitrogen and oxygen atoms in total. The smallest absolute Gasteiger partial charge is 0.120 e. The van der Waals surface area contributed by atoms with Crippen molar-refractivity contribution in [1.82, 2.24) is 9.88 Å². The van der Waals surface area contributed by atoms with Crippen LogP contribution in [0.25, 0.3) is 0 Å². The van der Waals surface area contributed by atoms with Crippen LogP contribution in [0.5, 0.6) is 0 Å². The zero-order valence-corrected chi connectivity index (χ0v) is 9.41. The first-order chi connectivity index (χ1) is 7.10. The summed E-state index contributed by atoms with van der Waals surface area (Å²) in [5.41, 5.74) is 2.86. The van der Waals surface area contributed by atoms with Crippen LogP contribution in [-0.2, 0) is 13.6 Å². The SMILES string of the molecule is Cc1c(CNC(C)CO)cc(C#N)n1C. The summed E-state index contributed by atoms with van der Waals surface area (Å²) in [5.74, 6) is 0. The molecule has 0 aliphatic rings. The van der Waals surface area contributed by atoms with E-state index in [0.29, 0.717) is 12.2 Å². The molecule has 0 saturated heterocycles. The number of hydrogen-bond acceptors (Lipinski definition) is 3. The third-order valence-electron chi connectivity index (χ3n) is 2.67. The summed E-state index contributed by atoms with van der Waals surface area (Å²) in [5, 5.41) is 20.9. The van der Waals surface area contributed by atoms with Crippen LogP contribution in [0.1, 0.15) is 23.9 Å². The summed E-state index contributed by atoms with van der Waals surface area (Å²) >= 11 is 0. The Morgan fingerprint density at radius 2 is 2.33 bits per heavy atom. The van der Waals surface area contributed by atoms with Crippen LogP contribution in [0.3, 0.4) is 0 Å². The van der Waals surface area contributed by atoms with E-state index in [4.69, 9.17) is 10.4 Å². The van der Waals surface area contributed by atoms with Gasteiger partial charge in [0.1, 0.15) is 11.8 Å². The zero-order valence-electron chi connectivity index (χ0n) is 9.41. The lowest BCUT2D eigenvalue weighted by atomic mass is 10.2. The van der Waals surface area contributed by atoms with Gasteiger partial charge in [0.15, 0.2) is 0 Å². The molecule has 0 aliphatic carbocycles. The minimum absolute atomic E-state index is 0.0788. The molecule has 15 heavy (non-hydrogen) atoms. The normalized spacial score (nSPS) is 12.5. The average molecular weight is 207 g/mol. The molecule has 0 amide bonds. The lowest BCUT2D eigenvalue weighted by molar-refractivity contribution is 0.251. The van der Waals surface area contributed by atoms with Gasteiger partial charge in [0.05, 0.1) is 6.61 Å². The molecule has 0 fully saturated rings. The van der Waals surface area contributed by atoms with Crippen molar-refractivity contribution in [2.45, 2.75) is 26.4 Å². The second kappa shape index (κ2) is 4.96. The molecule has 1 aromatic rings. The monoisotopic (exact) mass is 207 g/mol. The fourth-order valence-electron chi connectivity index (χ4n) is 1.40. The third kappa shape index (κ3) is 2.58. The molecule has 4 heteroatoms. The Labute approximate surface area is 90.1 Å². The summed E-state index contributed by atoms with van der Waals surface area (Å²) in [6, 6.07) is 4.10. The van der Waals surface area contributed by atoms with Crippen LogP contribution < -0.4 is 5.32 Å².